The van der Waals surface area contributed by atoms with Crippen molar-refractivity contribution >= 4 is 29.3 Å². The van der Waals surface area contributed by atoms with Gasteiger partial charge in [-0.2, -0.15) is 0 Å². The molecule has 0 aromatic carbocycles. The van der Waals surface area contributed by atoms with Crippen LogP contribution in [0.1, 0.15) is 24.1 Å². The van der Waals surface area contributed by atoms with E-state index in [0.29, 0.717) is 6.54 Å². The molecule has 96 valence electrons. The van der Waals surface area contributed by atoms with E-state index in [1.807, 2.05) is 17.5 Å². The molecule has 18 heavy (non-hydrogen) atoms. The topological polar surface area (TPSA) is 57.6 Å². The number of hydrogen-bond acceptors (Lipinski definition) is 3. The third-order valence-corrected chi connectivity index (χ3v) is 3.84. The fourth-order valence-electron chi connectivity index (χ4n) is 2.17. The third kappa shape index (κ3) is 3.20. The molecule has 1 N–H and O–H groups in total. The van der Waals surface area contributed by atoms with Crippen molar-refractivity contribution in [3.05, 3.63) is 28.5 Å². The van der Waals surface area contributed by atoms with Crippen LogP contribution in [0.2, 0.25) is 0 Å². The van der Waals surface area contributed by atoms with Crippen molar-refractivity contribution < 1.29 is 14.7 Å². The third-order valence-electron chi connectivity index (χ3n) is 3.00. The Morgan fingerprint density at radius 1 is 1.56 bits per heavy atom. The lowest BCUT2D eigenvalue weighted by Crippen LogP contribution is -2.35. The van der Waals surface area contributed by atoms with Crippen LogP contribution in [0.4, 0.5) is 0 Å². The fourth-order valence-corrected chi connectivity index (χ4v) is 2.79. The molecular weight excluding hydrogens is 250 g/mol. The van der Waals surface area contributed by atoms with Gasteiger partial charge in [0.15, 0.2) is 0 Å². The minimum atomic E-state index is -0.845. The molecule has 1 aromatic heterocycles. The Labute approximate surface area is 110 Å². The van der Waals surface area contributed by atoms with Gasteiger partial charge in [-0.3, -0.25) is 9.59 Å². The molecule has 0 spiro atoms. The van der Waals surface area contributed by atoms with E-state index in [-0.39, 0.29) is 18.4 Å². The van der Waals surface area contributed by atoms with Gasteiger partial charge in [-0.1, -0.05) is 6.07 Å². The van der Waals surface area contributed by atoms with Crippen molar-refractivity contribution in [1.82, 2.24) is 4.90 Å². The predicted molar refractivity (Wildman–Crippen MR) is 70.3 cm³/mol. The van der Waals surface area contributed by atoms with Gasteiger partial charge in [0.1, 0.15) is 0 Å². The lowest BCUT2D eigenvalue weighted by atomic mass is 10.1. The second-order valence-electron chi connectivity index (χ2n) is 4.27. The number of rotatable bonds is 4. The Hall–Kier alpha value is -1.62. The van der Waals surface area contributed by atoms with Gasteiger partial charge in [-0.15, -0.1) is 11.3 Å². The van der Waals surface area contributed by atoms with Gasteiger partial charge in [0.2, 0.25) is 5.91 Å². The van der Waals surface area contributed by atoms with Crippen molar-refractivity contribution in [3.63, 3.8) is 0 Å². The summed E-state index contributed by atoms with van der Waals surface area (Å²) in [7, 11) is 0. The maximum atomic E-state index is 12.0. The molecule has 5 heteroatoms. The molecule has 1 unspecified atom stereocenters. The molecule has 1 aromatic rings. The molecule has 2 rings (SSSR count). The summed E-state index contributed by atoms with van der Waals surface area (Å²) in [5.41, 5.74) is 0. The minimum absolute atomic E-state index is 0.0403. The summed E-state index contributed by atoms with van der Waals surface area (Å²) in [6.07, 6.45) is 5.02. The fraction of sp³-hybridized carbons (Fsp3) is 0.385. The summed E-state index contributed by atoms with van der Waals surface area (Å²) >= 11 is 1.57. The molecule has 0 bridgehead atoms. The Kier molecular flexibility index (Phi) is 4.15. The number of nitrogens with zero attached hydrogens (tertiary/aromatic N) is 1. The Morgan fingerprint density at radius 2 is 2.39 bits per heavy atom. The first kappa shape index (κ1) is 12.8. The molecule has 1 aliphatic rings. The number of carbonyl (C=O) groups is 2. The lowest BCUT2D eigenvalue weighted by Gasteiger charge is -2.21. The summed E-state index contributed by atoms with van der Waals surface area (Å²) in [6.45, 7) is 0.658. The van der Waals surface area contributed by atoms with Crippen LogP contribution in [0.3, 0.4) is 0 Å². The second-order valence-corrected chi connectivity index (χ2v) is 5.25. The number of carboxylic acids is 1. The molecular formula is C13H15NO3S. The van der Waals surface area contributed by atoms with Crippen LogP contribution in [-0.4, -0.2) is 34.5 Å². The molecule has 4 nitrogen and oxygen atoms in total. The molecule has 1 amide bonds. The normalized spacial score (nSPS) is 19.6. The molecule has 1 fully saturated rings. The highest BCUT2D eigenvalue weighted by Crippen LogP contribution is 2.21. The minimum Gasteiger partial charge on any atom is -0.481 e. The number of aliphatic carboxylic acids is 1. The summed E-state index contributed by atoms with van der Waals surface area (Å²) < 4.78 is 0. The van der Waals surface area contributed by atoms with Crippen molar-refractivity contribution in [2.75, 3.05) is 6.54 Å². The molecule has 2 heterocycles. The number of thiophene rings is 1. The van der Waals surface area contributed by atoms with Gasteiger partial charge in [0, 0.05) is 23.5 Å². The number of likely N-dealkylation sites (tertiary alicyclic amines) is 1. The van der Waals surface area contributed by atoms with Crippen LogP contribution >= 0.6 is 11.3 Å². The van der Waals surface area contributed by atoms with E-state index in [1.165, 1.54) is 6.08 Å². The van der Waals surface area contributed by atoms with Crippen molar-refractivity contribution in [2.45, 2.75) is 25.3 Å². The quantitative estimate of drug-likeness (QED) is 0.849. The number of carboxylic acid groups (broad SMARTS) is 1. The van der Waals surface area contributed by atoms with E-state index in [0.717, 1.165) is 17.7 Å². The van der Waals surface area contributed by atoms with Crippen molar-refractivity contribution in [1.29, 1.82) is 0 Å². The Balaban J connectivity index is 1.97. The molecule has 0 aliphatic carbocycles. The zero-order chi connectivity index (χ0) is 13.0. The average molecular weight is 265 g/mol. The number of amides is 1. The van der Waals surface area contributed by atoms with Gasteiger partial charge >= 0.3 is 5.97 Å². The Morgan fingerprint density at radius 3 is 3.06 bits per heavy atom. The molecule has 0 radical (unpaired) electrons. The van der Waals surface area contributed by atoms with E-state index in [4.69, 9.17) is 5.11 Å². The van der Waals surface area contributed by atoms with Crippen LogP contribution in [0.25, 0.3) is 6.08 Å². The standard InChI is InChI=1S/C13H15NO3S/c15-12(6-5-11-4-2-8-18-11)14-7-1-3-10(14)9-13(16)17/h2,4-6,8,10H,1,3,7,9H2,(H,16,17)/b6-5+. The highest BCUT2D eigenvalue weighted by molar-refractivity contribution is 7.10. The molecule has 1 aliphatic heterocycles. The van der Waals surface area contributed by atoms with Crippen LogP contribution in [0.5, 0.6) is 0 Å². The number of carbonyl (C=O) groups excluding carboxylic acids is 1. The smallest absolute Gasteiger partial charge is 0.305 e. The maximum absolute atomic E-state index is 12.0. The summed E-state index contributed by atoms with van der Waals surface area (Å²) in [5.74, 6) is -0.936. The Bertz CT molecular complexity index is 453. The van der Waals surface area contributed by atoms with E-state index >= 15 is 0 Å². The summed E-state index contributed by atoms with van der Waals surface area (Å²) in [4.78, 5) is 25.4. The van der Waals surface area contributed by atoms with Crippen LogP contribution in [0, 0.1) is 0 Å². The van der Waals surface area contributed by atoms with E-state index in [2.05, 4.69) is 0 Å². The van der Waals surface area contributed by atoms with E-state index < -0.39 is 5.97 Å². The van der Waals surface area contributed by atoms with Crippen LogP contribution in [-0.2, 0) is 9.59 Å². The van der Waals surface area contributed by atoms with E-state index in [1.54, 1.807) is 22.3 Å². The molecule has 1 saturated heterocycles. The summed E-state index contributed by atoms with van der Waals surface area (Å²) in [6, 6.07) is 3.72. The van der Waals surface area contributed by atoms with Gasteiger partial charge in [-0.05, 0) is 30.4 Å². The highest BCUT2D eigenvalue weighted by Gasteiger charge is 2.28. The maximum Gasteiger partial charge on any atom is 0.305 e. The zero-order valence-corrected chi connectivity index (χ0v) is 10.7. The van der Waals surface area contributed by atoms with Crippen LogP contribution < -0.4 is 0 Å². The second kappa shape index (κ2) is 5.82. The van der Waals surface area contributed by atoms with Gasteiger partial charge < -0.3 is 10.0 Å². The van der Waals surface area contributed by atoms with Crippen molar-refractivity contribution in [2.24, 2.45) is 0 Å². The van der Waals surface area contributed by atoms with Crippen molar-refractivity contribution in [3.8, 4) is 0 Å². The van der Waals surface area contributed by atoms with Crippen LogP contribution in [0.15, 0.2) is 23.6 Å². The first-order valence-corrected chi connectivity index (χ1v) is 6.79. The first-order chi connectivity index (χ1) is 8.66. The largest absolute Gasteiger partial charge is 0.481 e. The SMILES string of the molecule is O=C(O)CC1CCCN1C(=O)/C=C/c1cccs1. The zero-order valence-electron chi connectivity index (χ0n) is 9.91. The lowest BCUT2D eigenvalue weighted by molar-refractivity contribution is -0.139. The van der Waals surface area contributed by atoms with Gasteiger partial charge in [0.05, 0.1) is 6.42 Å². The summed E-state index contributed by atoms with van der Waals surface area (Å²) in [5, 5.41) is 10.8. The van der Waals surface area contributed by atoms with E-state index in [9.17, 15) is 9.59 Å². The molecule has 0 saturated carbocycles. The predicted octanol–water partition coefficient (Wildman–Crippen LogP) is 2.23. The molecule has 1 atom stereocenters. The first-order valence-electron chi connectivity index (χ1n) is 5.91. The highest BCUT2D eigenvalue weighted by atomic mass is 32.1. The van der Waals surface area contributed by atoms with Gasteiger partial charge in [0.25, 0.3) is 0 Å². The van der Waals surface area contributed by atoms with Gasteiger partial charge in [-0.25, -0.2) is 0 Å². The average Bonchev–Trinajstić information content (AvgIpc) is 2.95. The monoisotopic (exact) mass is 265 g/mol. The number of hydrogen-bond donors (Lipinski definition) is 1.